The number of nitro benzene ring substituents is 1. The number of halogens is 1. The molecule has 1 aliphatic heterocycles. The standard InChI is InChI=1S/C28H29FN4O3S/c1-28(2,3)32-14-12-31(13-15-32)18-19-4-6-20(7-5-19)26-17-23-27(37-26)25(10-11-30-23)36-24-9-8-21(33(34)35)16-22(24)29/h4-11,16-17H,12-15,18H2,1-3H3. The highest BCUT2D eigenvalue weighted by Crippen LogP contribution is 2.40. The molecule has 37 heavy (non-hydrogen) atoms. The number of thiophene rings is 1. The normalized spacial score (nSPS) is 15.2. The zero-order valence-electron chi connectivity index (χ0n) is 21.1. The quantitative estimate of drug-likeness (QED) is 0.208. The van der Waals surface area contributed by atoms with Gasteiger partial charge in [-0.05, 0) is 44.0 Å². The van der Waals surface area contributed by atoms with Crippen LogP contribution in [0.1, 0.15) is 26.3 Å². The largest absolute Gasteiger partial charge is 0.453 e. The summed E-state index contributed by atoms with van der Waals surface area (Å²) in [5.41, 5.74) is 3.01. The van der Waals surface area contributed by atoms with E-state index in [0.29, 0.717) is 5.75 Å². The van der Waals surface area contributed by atoms with Crippen LogP contribution >= 0.6 is 11.3 Å². The van der Waals surface area contributed by atoms with Gasteiger partial charge in [-0.1, -0.05) is 24.3 Å². The lowest BCUT2D eigenvalue weighted by atomic mass is 10.0. The average molecular weight is 521 g/mol. The van der Waals surface area contributed by atoms with Crippen LogP contribution in [0.25, 0.3) is 20.7 Å². The first kappa shape index (κ1) is 25.3. The molecule has 0 spiro atoms. The minimum Gasteiger partial charge on any atom is -0.453 e. The van der Waals surface area contributed by atoms with Gasteiger partial charge in [-0.3, -0.25) is 24.9 Å². The van der Waals surface area contributed by atoms with E-state index in [2.05, 4.69) is 59.8 Å². The van der Waals surface area contributed by atoms with Gasteiger partial charge in [0.2, 0.25) is 0 Å². The highest BCUT2D eigenvalue weighted by Gasteiger charge is 2.25. The second-order valence-electron chi connectivity index (χ2n) is 10.2. The fraction of sp³-hybridized carbons (Fsp3) is 0.321. The molecule has 0 saturated carbocycles. The molecule has 0 amide bonds. The molecule has 2 aromatic heterocycles. The van der Waals surface area contributed by atoms with Crippen molar-refractivity contribution in [1.29, 1.82) is 0 Å². The summed E-state index contributed by atoms with van der Waals surface area (Å²) in [6, 6.07) is 15.6. The third kappa shape index (κ3) is 5.64. The number of nitrogens with zero attached hydrogens (tertiary/aromatic N) is 4. The van der Waals surface area contributed by atoms with Crippen molar-refractivity contribution in [2.75, 3.05) is 26.2 Å². The molecule has 1 fully saturated rings. The predicted molar refractivity (Wildman–Crippen MR) is 145 cm³/mol. The van der Waals surface area contributed by atoms with Gasteiger partial charge in [0.25, 0.3) is 5.69 Å². The van der Waals surface area contributed by atoms with Crippen LogP contribution in [-0.4, -0.2) is 51.4 Å². The zero-order valence-corrected chi connectivity index (χ0v) is 21.9. The van der Waals surface area contributed by atoms with E-state index in [9.17, 15) is 14.5 Å². The van der Waals surface area contributed by atoms with Gasteiger partial charge in [-0.2, -0.15) is 0 Å². The number of aromatic nitrogens is 1. The smallest absolute Gasteiger partial charge is 0.272 e. The van der Waals surface area contributed by atoms with E-state index in [4.69, 9.17) is 4.74 Å². The number of ether oxygens (including phenoxy) is 1. The van der Waals surface area contributed by atoms with Crippen LogP contribution in [0.3, 0.4) is 0 Å². The van der Waals surface area contributed by atoms with Crippen molar-refractivity contribution in [3.8, 4) is 21.9 Å². The van der Waals surface area contributed by atoms with Crippen LogP contribution in [0.2, 0.25) is 0 Å². The number of hydrogen-bond acceptors (Lipinski definition) is 7. The Bertz CT molecular complexity index is 1420. The summed E-state index contributed by atoms with van der Waals surface area (Å²) in [6.45, 7) is 12.1. The van der Waals surface area contributed by atoms with Crippen molar-refractivity contribution in [2.24, 2.45) is 0 Å². The average Bonchev–Trinajstić information content (AvgIpc) is 3.31. The van der Waals surface area contributed by atoms with Gasteiger partial charge >= 0.3 is 0 Å². The fourth-order valence-electron chi connectivity index (χ4n) is 4.55. The Balaban J connectivity index is 1.30. The minimum absolute atomic E-state index is 0.0688. The van der Waals surface area contributed by atoms with Gasteiger partial charge in [-0.25, -0.2) is 4.39 Å². The summed E-state index contributed by atoms with van der Waals surface area (Å²) >= 11 is 1.52. The lowest BCUT2D eigenvalue weighted by Gasteiger charge is -2.42. The number of hydrogen-bond donors (Lipinski definition) is 0. The van der Waals surface area contributed by atoms with E-state index >= 15 is 0 Å². The molecule has 2 aromatic carbocycles. The summed E-state index contributed by atoms with van der Waals surface area (Å²) in [6.07, 6.45) is 1.61. The van der Waals surface area contributed by atoms with Gasteiger partial charge in [0.15, 0.2) is 11.6 Å². The van der Waals surface area contributed by atoms with Crippen molar-refractivity contribution in [3.05, 3.63) is 82.3 Å². The Morgan fingerprint density at radius 3 is 2.41 bits per heavy atom. The second-order valence-corrected chi connectivity index (χ2v) is 11.3. The van der Waals surface area contributed by atoms with Crippen molar-refractivity contribution < 1.29 is 14.1 Å². The van der Waals surface area contributed by atoms with Gasteiger partial charge in [0.05, 0.1) is 21.2 Å². The summed E-state index contributed by atoms with van der Waals surface area (Å²) in [5, 5.41) is 10.9. The first-order valence-electron chi connectivity index (χ1n) is 12.2. The number of piperazine rings is 1. The summed E-state index contributed by atoms with van der Waals surface area (Å²) in [4.78, 5) is 20.8. The van der Waals surface area contributed by atoms with Crippen LogP contribution in [-0.2, 0) is 6.54 Å². The molecule has 5 rings (SSSR count). The lowest BCUT2D eigenvalue weighted by molar-refractivity contribution is -0.385. The molecular weight excluding hydrogens is 491 g/mol. The van der Waals surface area contributed by atoms with Crippen LogP contribution < -0.4 is 4.74 Å². The van der Waals surface area contributed by atoms with E-state index in [-0.39, 0.29) is 17.0 Å². The predicted octanol–water partition coefficient (Wildman–Crippen LogP) is 6.72. The number of fused-ring (bicyclic) bond motifs is 1. The Morgan fingerprint density at radius 2 is 1.76 bits per heavy atom. The van der Waals surface area contributed by atoms with Crippen LogP contribution in [0.4, 0.5) is 10.1 Å². The molecule has 0 aliphatic carbocycles. The SMILES string of the molecule is CC(C)(C)N1CCN(Cc2ccc(-c3cc4nccc(Oc5ccc([N+](=O)[O-])cc5F)c4s3)cc2)CC1. The van der Waals surface area contributed by atoms with Gasteiger partial charge < -0.3 is 4.74 Å². The summed E-state index contributed by atoms with van der Waals surface area (Å²) < 4.78 is 21.0. The Kier molecular flexibility index (Phi) is 6.94. The molecule has 0 atom stereocenters. The first-order chi connectivity index (χ1) is 17.7. The molecule has 1 aliphatic rings. The van der Waals surface area contributed by atoms with E-state index in [1.165, 1.54) is 29.0 Å². The van der Waals surface area contributed by atoms with Crippen molar-refractivity contribution in [2.45, 2.75) is 32.9 Å². The Hall–Kier alpha value is -3.40. The van der Waals surface area contributed by atoms with Crippen LogP contribution in [0, 0.1) is 15.9 Å². The molecular formula is C28H29FN4O3S. The van der Waals surface area contributed by atoms with Gasteiger partial charge in [-0.15, -0.1) is 11.3 Å². The number of non-ortho nitro benzene ring substituents is 1. The van der Waals surface area contributed by atoms with Crippen LogP contribution in [0.15, 0.2) is 60.8 Å². The summed E-state index contributed by atoms with van der Waals surface area (Å²) in [7, 11) is 0. The number of pyridine rings is 1. The molecule has 7 nitrogen and oxygen atoms in total. The molecule has 0 bridgehead atoms. The highest BCUT2D eigenvalue weighted by molar-refractivity contribution is 7.22. The number of benzene rings is 2. The first-order valence-corrected chi connectivity index (χ1v) is 13.1. The van der Waals surface area contributed by atoms with E-state index in [1.54, 1.807) is 12.3 Å². The minimum atomic E-state index is -0.786. The Labute approximate surface area is 219 Å². The topological polar surface area (TPSA) is 71.7 Å². The maximum atomic E-state index is 14.4. The lowest BCUT2D eigenvalue weighted by Crippen LogP contribution is -2.53. The van der Waals surface area contributed by atoms with Crippen molar-refractivity contribution >= 4 is 27.2 Å². The second kappa shape index (κ2) is 10.2. The maximum absolute atomic E-state index is 14.4. The molecule has 0 radical (unpaired) electrons. The third-order valence-corrected chi connectivity index (χ3v) is 7.88. The van der Waals surface area contributed by atoms with Gasteiger partial charge in [0, 0.05) is 61.5 Å². The number of rotatable bonds is 6. The molecule has 4 aromatic rings. The highest BCUT2D eigenvalue weighted by atomic mass is 32.1. The molecule has 3 heterocycles. The van der Waals surface area contributed by atoms with Crippen LogP contribution in [0.5, 0.6) is 11.5 Å². The zero-order chi connectivity index (χ0) is 26.2. The van der Waals surface area contributed by atoms with E-state index in [0.717, 1.165) is 59.4 Å². The van der Waals surface area contributed by atoms with Crippen molar-refractivity contribution in [3.63, 3.8) is 0 Å². The molecule has 1 saturated heterocycles. The third-order valence-electron chi connectivity index (χ3n) is 6.69. The fourth-order valence-corrected chi connectivity index (χ4v) is 5.62. The summed E-state index contributed by atoms with van der Waals surface area (Å²) in [5.74, 6) is -0.396. The maximum Gasteiger partial charge on any atom is 0.272 e. The Morgan fingerprint density at radius 1 is 1.03 bits per heavy atom. The van der Waals surface area contributed by atoms with E-state index in [1.807, 2.05) is 6.07 Å². The van der Waals surface area contributed by atoms with Gasteiger partial charge in [0.1, 0.15) is 5.75 Å². The van der Waals surface area contributed by atoms with Crippen molar-refractivity contribution in [1.82, 2.24) is 14.8 Å². The molecule has 9 heteroatoms. The molecule has 0 unspecified atom stereocenters. The monoisotopic (exact) mass is 520 g/mol. The van der Waals surface area contributed by atoms with E-state index < -0.39 is 10.7 Å². The number of nitro groups is 1. The molecule has 0 N–H and O–H groups in total. The molecule has 192 valence electrons.